The maximum Gasteiger partial charge on any atom is 0.274 e. The molecule has 1 fully saturated rings. The molecule has 0 radical (unpaired) electrons. The van der Waals surface area contributed by atoms with Crippen LogP contribution in [0.15, 0.2) is 24.3 Å². The number of hydrogen-bond acceptors (Lipinski definition) is 4. The number of carbonyl (C=O) groups excluding carboxylic acids is 1. The number of amides is 1. The van der Waals surface area contributed by atoms with Crippen molar-refractivity contribution in [3.05, 3.63) is 46.9 Å². The van der Waals surface area contributed by atoms with Crippen molar-refractivity contribution in [3.63, 3.8) is 0 Å². The van der Waals surface area contributed by atoms with Crippen LogP contribution < -0.4 is 10.2 Å². The zero-order chi connectivity index (χ0) is 18.0. The minimum Gasteiger partial charge on any atom is -0.356 e. The van der Waals surface area contributed by atoms with Crippen LogP contribution in [0, 0.1) is 13.8 Å². The molecule has 5 heteroatoms. The minimum absolute atomic E-state index is 0.179. The quantitative estimate of drug-likeness (QED) is 0.913. The smallest absolute Gasteiger partial charge is 0.274 e. The Morgan fingerprint density at radius 3 is 2.56 bits per heavy atom. The molecule has 1 amide bonds. The number of nitrogens with one attached hydrogen (secondary N) is 1. The summed E-state index contributed by atoms with van der Waals surface area (Å²) >= 11 is 0. The molecular weight excluding hydrogens is 312 g/mol. The highest BCUT2D eigenvalue weighted by molar-refractivity contribution is 6.04. The third-order valence-corrected chi connectivity index (χ3v) is 4.65. The second-order valence-corrected chi connectivity index (χ2v) is 7.00. The van der Waals surface area contributed by atoms with Crippen molar-refractivity contribution >= 4 is 17.4 Å². The van der Waals surface area contributed by atoms with Crippen LogP contribution in [0.5, 0.6) is 0 Å². The number of carbonyl (C=O) groups is 1. The number of rotatable bonds is 4. The maximum atomic E-state index is 12.8. The van der Waals surface area contributed by atoms with Gasteiger partial charge in [-0.05, 0) is 43.7 Å². The monoisotopic (exact) mass is 338 g/mol. The first kappa shape index (κ1) is 17.4. The van der Waals surface area contributed by atoms with Crippen LogP contribution in [0.3, 0.4) is 0 Å². The Bertz CT molecular complexity index is 779. The van der Waals surface area contributed by atoms with Gasteiger partial charge in [0.1, 0.15) is 17.3 Å². The van der Waals surface area contributed by atoms with Crippen molar-refractivity contribution in [2.24, 2.45) is 0 Å². The second kappa shape index (κ2) is 7.21. The van der Waals surface area contributed by atoms with E-state index in [1.165, 1.54) is 12.8 Å². The van der Waals surface area contributed by atoms with Gasteiger partial charge in [0.25, 0.3) is 5.91 Å². The van der Waals surface area contributed by atoms with E-state index in [1.54, 1.807) is 6.07 Å². The molecule has 0 bridgehead atoms. The number of nitrogens with zero attached hydrogens (tertiary/aromatic N) is 3. The third kappa shape index (κ3) is 3.81. The summed E-state index contributed by atoms with van der Waals surface area (Å²) in [4.78, 5) is 23.9. The van der Waals surface area contributed by atoms with Crippen molar-refractivity contribution in [2.75, 3.05) is 23.3 Å². The van der Waals surface area contributed by atoms with Crippen LogP contribution in [-0.2, 0) is 0 Å². The summed E-state index contributed by atoms with van der Waals surface area (Å²) < 4.78 is 0. The molecule has 5 nitrogen and oxygen atoms in total. The molecule has 1 aromatic heterocycles. The van der Waals surface area contributed by atoms with Gasteiger partial charge in [-0.2, -0.15) is 0 Å². The predicted octanol–water partition coefficient (Wildman–Crippen LogP) is 4.07. The number of hydrogen-bond donors (Lipinski definition) is 1. The van der Waals surface area contributed by atoms with Gasteiger partial charge in [-0.3, -0.25) is 4.79 Å². The summed E-state index contributed by atoms with van der Waals surface area (Å²) in [6, 6.07) is 7.91. The Balaban J connectivity index is 1.89. The van der Waals surface area contributed by atoms with E-state index in [0.29, 0.717) is 17.4 Å². The SMILES string of the molecule is Cc1nc(C(=O)Nc2c(C)cccc2C(C)C)cc(N2CCCC2)n1. The van der Waals surface area contributed by atoms with E-state index in [1.807, 2.05) is 26.0 Å². The van der Waals surface area contributed by atoms with Gasteiger partial charge in [0.05, 0.1) is 0 Å². The maximum absolute atomic E-state index is 12.8. The normalized spacial score (nSPS) is 14.2. The molecule has 1 aromatic carbocycles. The van der Waals surface area contributed by atoms with Crippen molar-refractivity contribution in [2.45, 2.75) is 46.5 Å². The lowest BCUT2D eigenvalue weighted by molar-refractivity contribution is 0.102. The number of para-hydroxylation sites is 1. The van der Waals surface area contributed by atoms with E-state index in [2.05, 4.69) is 40.1 Å². The molecular formula is C20H26N4O. The first-order chi connectivity index (χ1) is 12.0. The average molecular weight is 338 g/mol. The number of aromatic nitrogens is 2. The molecule has 132 valence electrons. The van der Waals surface area contributed by atoms with Crippen LogP contribution in [-0.4, -0.2) is 29.0 Å². The summed E-state index contributed by atoms with van der Waals surface area (Å²) in [7, 11) is 0. The first-order valence-electron chi connectivity index (χ1n) is 8.97. The van der Waals surface area contributed by atoms with Crippen LogP contribution in [0.2, 0.25) is 0 Å². The van der Waals surface area contributed by atoms with E-state index in [0.717, 1.165) is 35.7 Å². The lowest BCUT2D eigenvalue weighted by atomic mass is 9.98. The van der Waals surface area contributed by atoms with Crippen molar-refractivity contribution < 1.29 is 4.79 Å². The molecule has 0 atom stereocenters. The van der Waals surface area contributed by atoms with Crippen molar-refractivity contribution in [1.82, 2.24) is 9.97 Å². The summed E-state index contributed by atoms with van der Waals surface area (Å²) in [5.74, 6) is 1.64. The molecule has 0 aliphatic carbocycles. The Labute approximate surface area is 149 Å². The highest BCUT2D eigenvalue weighted by Gasteiger charge is 2.19. The van der Waals surface area contributed by atoms with Gasteiger partial charge in [0.2, 0.25) is 0 Å². The highest BCUT2D eigenvalue weighted by Crippen LogP contribution is 2.28. The average Bonchev–Trinajstić information content (AvgIpc) is 3.10. The Morgan fingerprint density at radius 2 is 1.88 bits per heavy atom. The van der Waals surface area contributed by atoms with E-state index < -0.39 is 0 Å². The fourth-order valence-electron chi connectivity index (χ4n) is 3.30. The van der Waals surface area contributed by atoms with Gasteiger partial charge in [-0.1, -0.05) is 32.0 Å². The largest absolute Gasteiger partial charge is 0.356 e. The number of aryl methyl sites for hydroxylation is 2. The number of benzene rings is 1. The molecule has 1 saturated heterocycles. The Hall–Kier alpha value is -2.43. The van der Waals surface area contributed by atoms with E-state index >= 15 is 0 Å². The highest BCUT2D eigenvalue weighted by atomic mass is 16.1. The number of anilines is 2. The van der Waals surface area contributed by atoms with Gasteiger partial charge >= 0.3 is 0 Å². The topological polar surface area (TPSA) is 58.1 Å². The van der Waals surface area contributed by atoms with Gasteiger partial charge in [-0.15, -0.1) is 0 Å². The second-order valence-electron chi connectivity index (χ2n) is 7.00. The summed E-state index contributed by atoms with van der Waals surface area (Å²) in [6.45, 7) is 10.1. The Kier molecular flexibility index (Phi) is 5.02. The van der Waals surface area contributed by atoms with E-state index in [-0.39, 0.29) is 5.91 Å². The summed E-state index contributed by atoms with van der Waals surface area (Å²) in [5.41, 5.74) is 3.51. The zero-order valence-corrected chi connectivity index (χ0v) is 15.5. The molecule has 2 heterocycles. The van der Waals surface area contributed by atoms with Crippen LogP contribution in [0.1, 0.15) is 60.0 Å². The Morgan fingerprint density at radius 1 is 1.16 bits per heavy atom. The molecule has 3 rings (SSSR count). The van der Waals surface area contributed by atoms with Crippen molar-refractivity contribution in [1.29, 1.82) is 0 Å². The minimum atomic E-state index is -0.179. The van der Waals surface area contributed by atoms with Gasteiger partial charge in [0, 0.05) is 24.8 Å². The fourth-order valence-corrected chi connectivity index (χ4v) is 3.30. The lowest BCUT2D eigenvalue weighted by Crippen LogP contribution is -2.22. The van der Waals surface area contributed by atoms with Crippen LogP contribution in [0.4, 0.5) is 11.5 Å². The molecule has 0 spiro atoms. The molecule has 1 aliphatic rings. The standard InChI is InChI=1S/C20H26N4O/c1-13(2)16-9-7-8-14(3)19(16)23-20(25)17-12-18(22-15(4)21-17)24-10-5-6-11-24/h7-9,12-13H,5-6,10-11H2,1-4H3,(H,23,25). The molecule has 2 aromatic rings. The lowest BCUT2D eigenvalue weighted by Gasteiger charge is -2.18. The first-order valence-corrected chi connectivity index (χ1v) is 8.97. The molecule has 1 aliphatic heterocycles. The molecule has 25 heavy (non-hydrogen) atoms. The van der Waals surface area contributed by atoms with E-state index in [9.17, 15) is 4.79 Å². The third-order valence-electron chi connectivity index (χ3n) is 4.65. The predicted molar refractivity (Wildman–Crippen MR) is 101 cm³/mol. The summed E-state index contributed by atoms with van der Waals surface area (Å²) in [6.07, 6.45) is 2.34. The summed E-state index contributed by atoms with van der Waals surface area (Å²) in [5, 5.41) is 3.07. The van der Waals surface area contributed by atoms with E-state index in [4.69, 9.17) is 0 Å². The van der Waals surface area contributed by atoms with Crippen molar-refractivity contribution in [3.8, 4) is 0 Å². The fraction of sp³-hybridized carbons (Fsp3) is 0.450. The van der Waals surface area contributed by atoms with Crippen LogP contribution >= 0.6 is 0 Å². The zero-order valence-electron chi connectivity index (χ0n) is 15.5. The van der Waals surface area contributed by atoms with Gasteiger partial charge in [0.15, 0.2) is 0 Å². The van der Waals surface area contributed by atoms with Gasteiger partial charge in [-0.25, -0.2) is 9.97 Å². The molecule has 0 unspecified atom stereocenters. The van der Waals surface area contributed by atoms with Crippen LogP contribution in [0.25, 0.3) is 0 Å². The molecule has 1 N–H and O–H groups in total. The van der Waals surface area contributed by atoms with Gasteiger partial charge < -0.3 is 10.2 Å². The molecule has 0 saturated carbocycles.